The van der Waals surface area contributed by atoms with Crippen LogP contribution in [0.4, 0.5) is 18.9 Å². The summed E-state index contributed by atoms with van der Waals surface area (Å²) in [6, 6.07) is 10.0. The molecule has 2 fully saturated rings. The van der Waals surface area contributed by atoms with Crippen LogP contribution in [-0.4, -0.2) is 67.0 Å². The molecule has 2 aromatic rings. The Morgan fingerprint density at radius 3 is 2.35 bits per heavy atom. The first-order valence-corrected chi connectivity index (χ1v) is 10.8. The molecule has 0 radical (unpaired) electrons. The van der Waals surface area contributed by atoms with Gasteiger partial charge >= 0.3 is 6.36 Å². The number of carbonyl (C=O) groups excluding carboxylic acids is 2. The van der Waals surface area contributed by atoms with Crippen molar-refractivity contribution >= 4 is 17.5 Å². The van der Waals surface area contributed by atoms with E-state index in [9.17, 15) is 22.8 Å². The van der Waals surface area contributed by atoms with Crippen molar-refractivity contribution in [3.05, 3.63) is 48.0 Å². The molecular weight excluding hydrogens is 455 g/mol. The van der Waals surface area contributed by atoms with Crippen molar-refractivity contribution in [2.45, 2.75) is 25.4 Å². The maximum atomic E-state index is 13.0. The quantitative estimate of drug-likeness (QED) is 0.614. The number of piperazine rings is 1. The van der Waals surface area contributed by atoms with Gasteiger partial charge in [0.15, 0.2) is 11.5 Å². The molecule has 0 N–H and O–H groups in total. The van der Waals surface area contributed by atoms with Crippen LogP contribution in [0.1, 0.15) is 12.0 Å². The molecule has 34 heavy (non-hydrogen) atoms. The molecule has 3 aliphatic heterocycles. The molecule has 0 aromatic heterocycles. The van der Waals surface area contributed by atoms with Crippen LogP contribution < -0.4 is 19.1 Å². The van der Waals surface area contributed by atoms with Crippen LogP contribution in [0.15, 0.2) is 42.5 Å². The van der Waals surface area contributed by atoms with E-state index in [1.807, 2.05) is 23.1 Å². The van der Waals surface area contributed by atoms with Crippen molar-refractivity contribution in [1.29, 1.82) is 0 Å². The Labute approximate surface area is 193 Å². The molecule has 0 saturated carbocycles. The van der Waals surface area contributed by atoms with Crippen molar-refractivity contribution < 1.29 is 37.0 Å². The molecule has 5 rings (SSSR count). The van der Waals surface area contributed by atoms with E-state index in [-0.39, 0.29) is 30.7 Å². The smallest absolute Gasteiger partial charge is 0.454 e. The zero-order valence-corrected chi connectivity index (χ0v) is 18.1. The van der Waals surface area contributed by atoms with E-state index in [2.05, 4.69) is 9.64 Å². The van der Waals surface area contributed by atoms with E-state index in [1.165, 1.54) is 12.1 Å². The average molecular weight is 477 g/mol. The number of halogens is 3. The Morgan fingerprint density at radius 2 is 1.65 bits per heavy atom. The zero-order chi connectivity index (χ0) is 23.9. The highest BCUT2D eigenvalue weighted by Gasteiger charge is 2.43. The molecule has 2 amide bonds. The first-order valence-electron chi connectivity index (χ1n) is 10.8. The van der Waals surface area contributed by atoms with Crippen LogP contribution in [0.25, 0.3) is 0 Å². The fourth-order valence-corrected chi connectivity index (χ4v) is 4.50. The molecule has 2 saturated heterocycles. The van der Waals surface area contributed by atoms with Crippen molar-refractivity contribution in [2.24, 2.45) is 0 Å². The van der Waals surface area contributed by atoms with Gasteiger partial charge in [-0.1, -0.05) is 6.07 Å². The molecule has 3 aliphatic rings. The molecule has 3 heterocycles. The third-order valence-corrected chi connectivity index (χ3v) is 6.14. The largest absolute Gasteiger partial charge is 0.573 e. The van der Waals surface area contributed by atoms with Crippen molar-refractivity contribution in [3.8, 4) is 17.2 Å². The van der Waals surface area contributed by atoms with E-state index >= 15 is 0 Å². The molecule has 180 valence electrons. The monoisotopic (exact) mass is 477 g/mol. The fraction of sp³-hybridized carbons (Fsp3) is 0.391. The van der Waals surface area contributed by atoms with Gasteiger partial charge in [-0.25, -0.2) is 4.90 Å². The molecule has 1 atom stereocenters. The van der Waals surface area contributed by atoms with Crippen LogP contribution in [0.2, 0.25) is 0 Å². The normalized spacial score (nSPS) is 21.4. The Kier molecular flexibility index (Phi) is 5.82. The van der Waals surface area contributed by atoms with Gasteiger partial charge in [0.2, 0.25) is 12.7 Å². The van der Waals surface area contributed by atoms with Gasteiger partial charge < -0.3 is 14.2 Å². The van der Waals surface area contributed by atoms with Crippen molar-refractivity contribution in [2.75, 3.05) is 37.9 Å². The van der Waals surface area contributed by atoms with Crippen LogP contribution in [0.3, 0.4) is 0 Å². The van der Waals surface area contributed by atoms with E-state index < -0.39 is 18.2 Å². The third-order valence-electron chi connectivity index (χ3n) is 6.14. The van der Waals surface area contributed by atoms with E-state index in [0.717, 1.165) is 53.7 Å². The second-order valence-electron chi connectivity index (χ2n) is 8.33. The topological polar surface area (TPSA) is 71.6 Å². The number of anilines is 1. The lowest BCUT2D eigenvalue weighted by Gasteiger charge is -2.37. The summed E-state index contributed by atoms with van der Waals surface area (Å²) in [4.78, 5) is 30.9. The van der Waals surface area contributed by atoms with Gasteiger partial charge in [0.25, 0.3) is 5.91 Å². The molecule has 0 spiro atoms. The Morgan fingerprint density at radius 1 is 0.941 bits per heavy atom. The minimum Gasteiger partial charge on any atom is -0.454 e. The van der Waals surface area contributed by atoms with Crippen molar-refractivity contribution in [1.82, 2.24) is 9.80 Å². The molecule has 11 heteroatoms. The van der Waals surface area contributed by atoms with E-state index in [0.29, 0.717) is 13.1 Å². The van der Waals surface area contributed by atoms with Crippen molar-refractivity contribution in [3.63, 3.8) is 0 Å². The fourth-order valence-electron chi connectivity index (χ4n) is 4.50. The van der Waals surface area contributed by atoms with Gasteiger partial charge in [-0.15, -0.1) is 13.2 Å². The molecule has 0 bridgehead atoms. The number of fused-ring (bicyclic) bond motifs is 1. The Bertz CT molecular complexity index is 1080. The number of amides is 2. The number of hydrogen-bond donors (Lipinski definition) is 0. The highest BCUT2D eigenvalue weighted by Crippen LogP contribution is 2.33. The molecular formula is C23H22F3N3O5. The minimum atomic E-state index is -4.81. The summed E-state index contributed by atoms with van der Waals surface area (Å²) in [6.07, 6.45) is -4.77. The lowest BCUT2D eigenvalue weighted by molar-refractivity contribution is -0.274. The van der Waals surface area contributed by atoms with Gasteiger partial charge in [0, 0.05) is 32.7 Å². The maximum Gasteiger partial charge on any atom is 0.573 e. The second-order valence-corrected chi connectivity index (χ2v) is 8.33. The lowest BCUT2D eigenvalue weighted by Crippen LogP contribution is -2.52. The van der Waals surface area contributed by atoms with Crippen LogP contribution in [0, 0.1) is 0 Å². The standard InChI is InChI=1S/C23H22F3N3O5/c24-23(25,26)34-17-4-2-16(3-5-17)29-21(30)12-18(22(29)31)28-9-7-27(8-10-28)13-15-1-6-19-20(11-15)33-14-32-19/h1-6,11,18H,7-10,12-14H2/t18-/m0/s1. The predicted molar refractivity (Wildman–Crippen MR) is 113 cm³/mol. The first kappa shape index (κ1) is 22.5. The number of rotatable bonds is 5. The number of hydrogen-bond acceptors (Lipinski definition) is 7. The van der Waals surface area contributed by atoms with Gasteiger partial charge in [0.1, 0.15) is 5.75 Å². The van der Waals surface area contributed by atoms with Crippen LogP contribution in [-0.2, 0) is 16.1 Å². The number of ether oxygens (including phenoxy) is 3. The lowest BCUT2D eigenvalue weighted by atomic mass is 10.1. The summed E-state index contributed by atoms with van der Waals surface area (Å²) >= 11 is 0. The highest BCUT2D eigenvalue weighted by atomic mass is 19.4. The number of carbonyl (C=O) groups is 2. The summed E-state index contributed by atoms with van der Waals surface area (Å²) in [7, 11) is 0. The van der Waals surface area contributed by atoms with Crippen LogP contribution in [0.5, 0.6) is 17.2 Å². The Balaban J connectivity index is 1.18. The molecule has 0 aliphatic carbocycles. The summed E-state index contributed by atoms with van der Waals surface area (Å²) in [5.74, 6) is 0.334. The third kappa shape index (κ3) is 4.66. The zero-order valence-electron chi connectivity index (χ0n) is 18.1. The van der Waals surface area contributed by atoms with Gasteiger partial charge in [-0.2, -0.15) is 0 Å². The second kappa shape index (κ2) is 8.80. The molecule has 0 unspecified atom stereocenters. The van der Waals surface area contributed by atoms with Gasteiger partial charge in [0.05, 0.1) is 18.2 Å². The highest BCUT2D eigenvalue weighted by molar-refractivity contribution is 6.22. The number of nitrogens with zero attached hydrogens (tertiary/aromatic N) is 3. The molecule has 2 aromatic carbocycles. The summed E-state index contributed by atoms with van der Waals surface area (Å²) in [6.45, 7) is 3.68. The van der Waals surface area contributed by atoms with Crippen LogP contribution >= 0.6 is 0 Å². The number of imide groups is 1. The van der Waals surface area contributed by atoms with E-state index in [4.69, 9.17) is 9.47 Å². The van der Waals surface area contributed by atoms with Gasteiger partial charge in [-0.05, 0) is 42.0 Å². The maximum absolute atomic E-state index is 13.0. The average Bonchev–Trinajstić information content (AvgIpc) is 3.37. The number of alkyl halides is 3. The first-order chi connectivity index (χ1) is 16.3. The number of benzene rings is 2. The predicted octanol–water partition coefficient (Wildman–Crippen LogP) is 2.76. The summed E-state index contributed by atoms with van der Waals surface area (Å²) in [5, 5.41) is 0. The molecule has 8 nitrogen and oxygen atoms in total. The SMILES string of the molecule is O=C1C[C@H](N2CCN(Cc3ccc4c(c3)OCO4)CC2)C(=O)N1c1ccc(OC(F)(F)F)cc1. The van der Waals surface area contributed by atoms with Gasteiger partial charge in [-0.3, -0.25) is 19.4 Å². The summed E-state index contributed by atoms with van der Waals surface area (Å²) < 4.78 is 51.7. The summed E-state index contributed by atoms with van der Waals surface area (Å²) in [5.41, 5.74) is 1.34. The minimum absolute atomic E-state index is 0.0434. The Hall–Kier alpha value is -3.31. The van der Waals surface area contributed by atoms with E-state index in [1.54, 1.807) is 0 Å².